The zero-order valence-corrected chi connectivity index (χ0v) is 6.90. The first-order valence-corrected chi connectivity index (χ1v) is 4.77. The van der Waals surface area contributed by atoms with Gasteiger partial charge in [-0.3, -0.25) is 0 Å². The second kappa shape index (κ2) is 4.99. The van der Waals surface area contributed by atoms with Crippen LogP contribution in [0.15, 0.2) is 0 Å². The van der Waals surface area contributed by atoms with Crippen LogP contribution in [0.1, 0.15) is 32.1 Å². The Bertz CT molecular complexity index is 81.7. The molecule has 0 aromatic rings. The van der Waals surface area contributed by atoms with Crippen LogP contribution in [0.5, 0.6) is 0 Å². The van der Waals surface area contributed by atoms with Crippen molar-refractivity contribution in [3.8, 4) is 0 Å². The lowest BCUT2D eigenvalue weighted by atomic mass is 9.91. The lowest BCUT2D eigenvalue weighted by Crippen LogP contribution is -2.08. The van der Waals surface area contributed by atoms with E-state index in [0.29, 0.717) is 0 Å². The molecule has 60 valence electrons. The minimum absolute atomic E-state index is 0.783. The standard InChI is InChI=1S/C7H14O2S/c8-9-10-6-7-4-2-1-3-5-7/h7-8H,1-6H2. The summed E-state index contributed by atoms with van der Waals surface area (Å²) in [6, 6.07) is 0. The van der Waals surface area contributed by atoms with E-state index in [4.69, 9.17) is 5.26 Å². The van der Waals surface area contributed by atoms with Gasteiger partial charge >= 0.3 is 0 Å². The molecule has 0 aliphatic heterocycles. The molecule has 1 fully saturated rings. The number of hydrogen-bond donors (Lipinski definition) is 1. The lowest BCUT2D eigenvalue weighted by Gasteiger charge is -2.19. The van der Waals surface area contributed by atoms with Crippen LogP contribution in [-0.4, -0.2) is 11.0 Å². The van der Waals surface area contributed by atoms with Gasteiger partial charge in [-0.05, 0) is 18.8 Å². The van der Waals surface area contributed by atoms with Crippen molar-refractivity contribution in [2.24, 2.45) is 5.92 Å². The molecule has 2 nitrogen and oxygen atoms in total. The van der Waals surface area contributed by atoms with Gasteiger partial charge in [0.15, 0.2) is 0 Å². The van der Waals surface area contributed by atoms with E-state index in [2.05, 4.69) is 4.33 Å². The molecule has 1 N–H and O–H groups in total. The van der Waals surface area contributed by atoms with Gasteiger partial charge in [0.1, 0.15) is 0 Å². The van der Waals surface area contributed by atoms with E-state index in [9.17, 15) is 0 Å². The first kappa shape index (κ1) is 8.37. The van der Waals surface area contributed by atoms with Crippen LogP contribution in [-0.2, 0) is 4.33 Å². The smallest absolute Gasteiger partial charge is 0.0314 e. The molecule has 0 saturated heterocycles. The monoisotopic (exact) mass is 162 g/mol. The summed E-state index contributed by atoms with van der Waals surface area (Å²) in [5.41, 5.74) is 0. The maximum atomic E-state index is 8.06. The highest BCUT2D eigenvalue weighted by atomic mass is 32.2. The van der Waals surface area contributed by atoms with Crippen molar-refractivity contribution in [1.82, 2.24) is 0 Å². The van der Waals surface area contributed by atoms with Crippen LogP contribution >= 0.6 is 12.0 Å². The summed E-state index contributed by atoms with van der Waals surface area (Å²) in [4.78, 5) is 0. The van der Waals surface area contributed by atoms with E-state index in [1.54, 1.807) is 0 Å². The summed E-state index contributed by atoms with van der Waals surface area (Å²) in [5.74, 6) is 1.74. The molecule has 1 rings (SSSR count). The van der Waals surface area contributed by atoms with Crippen molar-refractivity contribution >= 4 is 12.0 Å². The highest BCUT2D eigenvalue weighted by molar-refractivity contribution is 7.94. The van der Waals surface area contributed by atoms with E-state index in [0.717, 1.165) is 11.7 Å². The van der Waals surface area contributed by atoms with Crippen molar-refractivity contribution in [3.05, 3.63) is 0 Å². The van der Waals surface area contributed by atoms with E-state index in [1.165, 1.54) is 44.1 Å². The fourth-order valence-corrected chi connectivity index (χ4v) is 2.07. The molecule has 1 aliphatic rings. The zero-order chi connectivity index (χ0) is 7.23. The Kier molecular flexibility index (Phi) is 4.18. The lowest BCUT2D eigenvalue weighted by molar-refractivity contribution is -0.116. The van der Waals surface area contributed by atoms with Crippen molar-refractivity contribution in [3.63, 3.8) is 0 Å². The van der Waals surface area contributed by atoms with Gasteiger partial charge in [0.2, 0.25) is 0 Å². The van der Waals surface area contributed by atoms with Gasteiger partial charge in [0.05, 0.1) is 0 Å². The molecule has 0 aromatic heterocycles. The van der Waals surface area contributed by atoms with E-state index >= 15 is 0 Å². The number of rotatable bonds is 3. The molecule has 0 aromatic carbocycles. The minimum atomic E-state index is 0.783. The Morgan fingerprint density at radius 2 is 2.00 bits per heavy atom. The SMILES string of the molecule is OOSCC1CCCCC1. The van der Waals surface area contributed by atoms with Crippen LogP contribution < -0.4 is 0 Å². The van der Waals surface area contributed by atoms with Gasteiger partial charge in [0, 0.05) is 17.8 Å². The highest BCUT2D eigenvalue weighted by Gasteiger charge is 2.12. The van der Waals surface area contributed by atoms with Crippen LogP contribution in [0.3, 0.4) is 0 Å². The normalized spacial score (nSPS) is 21.3. The van der Waals surface area contributed by atoms with Crippen LogP contribution in [0, 0.1) is 5.92 Å². The number of hydrogen-bond acceptors (Lipinski definition) is 3. The van der Waals surface area contributed by atoms with Crippen molar-refractivity contribution in [2.45, 2.75) is 32.1 Å². The molecule has 1 saturated carbocycles. The highest BCUT2D eigenvalue weighted by Crippen LogP contribution is 2.26. The first-order valence-electron chi connectivity index (χ1n) is 3.86. The van der Waals surface area contributed by atoms with Crippen molar-refractivity contribution < 1.29 is 9.59 Å². The quantitative estimate of drug-likeness (QED) is 0.393. The van der Waals surface area contributed by atoms with Gasteiger partial charge in [-0.15, -0.1) is 0 Å². The molecule has 1 aliphatic carbocycles. The van der Waals surface area contributed by atoms with Gasteiger partial charge in [0.25, 0.3) is 0 Å². The maximum absolute atomic E-state index is 8.06. The third-order valence-corrected chi connectivity index (χ3v) is 2.79. The zero-order valence-electron chi connectivity index (χ0n) is 6.08. The molecule has 0 spiro atoms. The van der Waals surface area contributed by atoms with Gasteiger partial charge in [-0.25, -0.2) is 5.26 Å². The Morgan fingerprint density at radius 1 is 1.30 bits per heavy atom. The topological polar surface area (TPSA) is 29.5 Å². The Hall–Kier alpha value is 0.270. The summed E-state index contributed by atoms with van der Waals surface area (Å²) < 4.78 is 3.96. The van der Waals surface area contributed by atoms with Crippen molar-refractivity contribution in [1.29, 1.82) is 0 Å². The van der Waals surface area contributed by atoms with Crippen molar-refractivity contribution in [2.75, 3.05) is 5.75 Å². The molecule has 10 heavy (non-hydrogen) atoms. The molecule has 0 atom stereocenters. The second-order valence-electron chi connectivity index (χ2n) is 2.86. The average molecular weight is 162 g/mol. The van der Waals surface area contributed by atoms with Gasteiger partial charge < -0.3 is 0 Å². The first-order chi connectivity index (χ1) is 4.93. The molecule has 0 radical (unpaired) electrons. The van der Waals surface area contributed by atoms with Crippen LogP contribution in [0.25, 0.3) is 0 Å². The summed E-state index contributed by atoms with van der Waals surface area (Å²) in [7, 11) is 0. The minimum Gasteiger partial charge on any atom is -0.239 e. The van der Waals surface area contributed by atoms with E-state index in [-0.39, 0.29) is 0 Å². The van der Waals surface area contributed by atoms with Gasteiger partial charge in [-0.1, -0.05) is 19.3 Å². The van der Waals surface area contributed by atoms with Crippen LogP contribution in [0.2, 0.25) is 0 Å². The predicted octanol–water partition coefficient (Wildman–Crippen LogP) is 2.70. The molecular weight excluding hydrogens is 148 g/mol. The molecule has 3 heteroatoms. The fraction of sp³-hybridized carbons (Fsp3) is 1.00. The summed E-state index contributed by atoms with van der Waals surface area (Å²) in [5, 5.41) is 8.06. The average Bonchev–Trinajstić information content (AvgIpc) is 2.03. The molecular formula is C7H14O2S. The van der Waals surface area contributed by atoms with Crippen LogP contribution in [0.4, 0.5) is 0 Å². The molecule has 0 unspecified atom stereocenters. The second-order valence-corrected chi connectivity index (χ2v) is 3.58. The molecule has 0 bridgehead atoms. The van der Waals surface area contributed by atoms with E-state index in [1.807, 2.05) is 0 Å². The molecule has 0 heterocycles. The fourth-order valence-electron chi connectivity index (χ4n) is 1.48. The largest absolute Gasteiger partial charge is 0.239 e. The predicted molar refractivity (Wildman–Crippen MR) is 42.7 cm³/mol. The third-order valence-electron chi connectivity index (χ3n) is 2.08. The van der Waals surface area contributed by atoms with E-state index < -0.39 is 0 Å². The van der Waals surface area contributed by atoms with Gasteiger partial charge in [-0.2, -0.15) is 4.33 Å². The Balaban J connectivity index is 2.02. The third kappa shape index (κ3) is 2.90. The summed E-state index contributed by atoms with van der Waals surface area (Å²) >= 11 is 1.17. The Labute approximate surface area is 66.1 Å². The Morgan fingerprint density at radius 3 is 2.60 bits per heavy atom. The summed E-state index contributed by atoms with van der Waals surface area (Å²) in [6.07, 6.45) is 6.74. The summed E-state index contributed by atoms with van der Waals surface area (Å²) in [6.45, 7) is 0. The molecule has 0 amide bonds. The maximum Gasteiger partial charge on any atom is 0.0314 e.